The van der Waals surface area contributed by atoms with Gasteiger partial charge in [-0.25, -0.2) is 0 Å². The molecule has 0 saturated heterocycles. The number of carbonyl (C=O) groups excluding carboxylic acids is 2. The van der Waals surface area contributed by atoms with E-state index in [1.54, 1.807) is 6.08 Å². The van der Waals surface area contributed by atoms with Crippen LogP contribution in [0.15, 0.2) is 54.6 Å². The molecule has 0 aliphatic carbocycles. The number of ketones is 1. The third kappa shape index (κ3) is 3.16. The first-order chi connectivity index (χ1) is 9.20. The summed E-state index contributed by atoms with van der Waals surface area (Å²) in [5.41, 5.74) is 1.35. The number of aldehydes is 1. The van der Waals surface area contributed by atoms with Crippen LogP contribution in [0.3, 0.4) is 0 Å². The Morgan fingerprint density at radius 2 is 1.79 bits per heavy atom. The quantitative estimate of drug-likeness (QED) is 0.517. The Labute approximate surface area is 110 Å². The molecule has 0 aromatic heterocycles. The normalized spacial score (nSPS) is 10.5. The molecule has 3 nitrogen and oxygen atoms in total. The van der Waals surface area contributed by atoms with Gasteiger partial charge in [0.15, 0.2) is 12.1 Å². The van der Waals surface area contributed by atoms with E-state index in [0.717, 1.165) is 5.56 Å². The second-order valence-corrected chi connectivity index (χ2v) is 4.00. The van der Waals surface area contributed by atoms with Crippen LogP contribution in [0.2, 0.25) is 0 Å². The van der Waals surface area contributed by atoms with Crippen LogP contribution in [0.5, 0.6) is 5.75 Å². The summed E-state index contributed by atoms with van der Waals surface area (Å²) in [5.74, 6) is -0.357. The Balaban J connectivity index is 2.28. The number of hydrogen-bond acceptors (Lipinski definition) is 3. The Hall–Kier alpha value is -2.68. The van der Waals surface area contributed by atoms with E-state index in [0.29, 0.717) is 6.29 Å². The lowest BCUT2D eigenvalue weighted by Crippen LogP contribution is -1.99. The first-order valence-corrected chi connectivity index (χ1v) is 5.76. The number of phenolic OH excluding ortho intramolecular Hbond substituents is 1. The standard InChI is InChI=1S/C16H12O3/c17-11-13-7-8-14(18)10-15(13)16(19)9-6-12-4-2-1-3-5-12/h1-11,18H. The highest BCUT2D eigenvalue weighted by Crippen LogP contribution is 2.16. The third-order valence-electron chi connectivity index (χ3n) is 2.66. The van der Waals surface area contributed by atoms with Crippen LogP contribution in [0.4, 0.5) is 0 Å². The summed E-state index contributed by atoms with van der Waals surface area (Å²) in [7, 11) is 0. The molecule has 1 N–H and O–H groups in total. The number of carbonyl (C=O) groups is 2. The van der Waals surface area contributed by atoms with Crippen LogP contribution >= 0.6 is 0 Å². The third-order valence-corrected chi connectivity index (χ3v) is 2.66. The molecule has 2 rings (SSSR count). The molecule has 0 heterocycles. The highest BCUT2D eigenvalue weighted by Gasteiger charge is 2.09. The fourth-order valence-corrected chi connectivity index (χ4v) is 1.69. The average molecular weight is 252 g/mol. The number of aromatic hydroxyl groups is 1. The lowest BCUT2D eigenvalue weighted by molar-refractivity contribution is 0.103. The van der Waals surface area contributed by atoms with E-state index in [1.165, 1.54) is 24.3 Å². The van der Waals surface area contributed by atoms with Crippen molar-refractivity contribution in [2.45, 2.75) is 0 Å². The van der Waals surface area contributed by atoms with Gasteiger partial charge in [0.2, 0.25) is 0 Å². The van der Waals surface area contributed by atoms with E-state index in [2.05, 4.69) is 0 Å². The molecule has 0 aliphatic heterocycles. The van der Waals surface area contributed by atoms with Crippen molar-refractivity contribution in [2.75, 3.05) is 0 Å². The number of hydrogen-bond donors (Lipinski definition) is 1. The summed E-state index contributed by atoms with van der Waals surface area (Å²) < 4.78 is 0. The van der Waals surface area contributed by atoms with Crippen molar-refractivity contribution in [1.29, 1.82) is 0 Å². The number of rotatable bonds is 4. The van der Waals surface area contributed by atoms with Gasteiger partial charge in [0.1, 0.15) is 5.75 Å². The van der Waals surface area contributed by atoms with Crippen molar-refractivity contribution >= 4 is 18.1 Å². The van der Waals surface area contributed by atoms with Crippen molar-refractivity contribution < 1.29 is 14.7 Å². The lowest BCUT2D eigenvalue weighted by Gasteiger charge is -2.01. The summed E-state index contributed by atoms with van der Waals surface area (Å²) in [5, 5.41) is 9.37. The lowest BCUT2D eigenvalue weighted by atomic mass is 10.0. The topological polar surface area (TPSA) is 54.4 Å². The minimum atomic E-state index is -0.318. The fraction of sp³-hybridized carbons (Fsp3) is 0. The maximum atomic E-state index is 12.0. The Bertz CT molecular complexity index is 628. The number of allylic oxidation sites excluding steroid dienone is 1. The van der Waals surface area contributed by atoms with Crippen LogP contribution in [-0.4, -0.2) is 17.2 Å². The monoisotopic (exact) mass is 252 g/mol. The van der Waals surface area contributed by atoms with Crippen molar-refractivity contribution in [3.05, 3.63) is 71.3 Å². The molecule has 0 amide bonds. The summed E-state index contributed by atoms with van der Waals surface area (Å²) >= 11 is 0. The van der Waals surface area contributed by atoms with Gasteiger partial charge in [-0.15, -0.1) is 0 Å². The molecular formula is C16H12O3. The smallest absolute Gasteiger partial charge is 0.186 e. The Morgan fingerprint density at radius 1 is 1.05 bits per heavy atom. The molecule has 0 fully saturated rings. The average Bonchev–Trinajstić information content (AvgIpc) is 2.46. The molecule has 19 heavy (non-hydrogen) atoms. The molecule has 0 aliphatic rings. The minimum Gasteiger partial charge on any atom is -0.508 e. The molecule has 2 aromatic rings. The van der Waals surface area contributed by atoms with Gasteiger partial charge in [0, 0.05) is 11.1 Å². The van der Waals surface area contributed by atoms with E-state index in [9.17, 15) is 14.7 Å². The van der Waals surface area contributed by atoms with Gasteiger partial charge in [0.25, 0.3) is 0 Å². The van der Waals surface area contributed by atoms with Crippen molar-refractivity contribution in [2.24, 2.45) is 0 Å². The molecular weight excluding hydrogens is 240 g/mol. The molecule has 2 aromatic carbocycles. The zero-order valence-electron chi connectivity index (χ0n) is 10.1. The maximum absolute atomic E-state index is 12.0. The van der Waals surface area contributed by atoms with Gasteiger partial charge < -0.3 is 5.11 Å². The van der Waals surface area contributed by atoms with E-state index < -0.39 is 0 Å². The predicted molar refractivity (Wildman–Crippen MR) is 73.3 cm³/mol. The molecule has 0 radical (unpaired) electrons. The van der Waals surface area contributed by atoms with Crippen LogP contribution in [0.1, 0.15) is 26.3 Å². The summed E-state index contributed by atoms with van der Waals surface area (Å²) in [6, 6.07) is 13.5. The minimum absolute atomic E-state index is 0.0398. The largest absolute Gasteiger partial charge is 0.508 e. The summed E-state index contributed by atoms with van der Waals surface area (Å²) in [6.07, 6.45) is 3.65. The van der Waals surface area contributed by atoms with E-state index >= 15 is 0 Å². The van der Waals surface area contributed by atoms with Crippen LogP contribution in [0, 0.1) is 0 Å². The summed E-state index contributed by atoms with van der Waals surface area (Å²) in [6.45, 7) is 0. The van der Waals surface area contributed by atoms with E-state index in [1.807, 2.05) is 30.3 Å². The van der Waals surface area contributed by atoms with Crippen molar-refractivity contribution in [3.63, 3.8) is 0 Å². The second-order valence-electron chi connectivity index (χ2n) is 4.00. The molecule has 0 bridgehead atoms. The highest BCUT2D eigenvalue weighted by atomic mass is 16.3. The van der Waals surface area contributed by atoms with E-state index in [4.69, 9.17) is 0 Å². The fourth-order valence-electron chi connectivity index (χ4n) is 1.69. The first-order valence-electron chi connectivity index (χ1n) is 5.76. The molecule has 0 atom stereocenters. The Morgan fingerprint density at radius 3 is 2.47 bits per heavy atom. The van der Waals surface area contributed by atoms with Gasteiger partial charge in [-0.3, -0.25) is 9.59 Å². The summed E-state index contributed by atoms with van der Waals surface area (Å²) in [4.78, 5) is 22.9. The molecule has 0 saturated carbocycles. The van der Waals surface area contributed by atoms with Crippen LogP contribution in [-0.2, 0) is 0 Å². The first kappa shape index (κ1) is 12.8. The SMILES string of the molecule is O=Cc1ccc(O)cc1C(=O)C=Cc1ccccc1. The highest BCUT2D eigenvalue weighted by molar-refractivity contribution is 6.11. The molecule has 3 heteroatoms. The van der Waals surface area contributed by atoms with E-state index in [-0.39, 0.29) is 22.7 Å². The van der Waals surface area contributed by atoms with Gasteiger partial charge in [-0.1, -0.05) is 36.4 Å². The zero-order chi connectivity index (χ0) is 13.7. The Kier molecular flexibility index (Phi) is 3.88. The second kappa shape index (κ2) is 5.78. The van der Waals surface area contributed by atoms with Crippen molar-refractivity contribution in [3.8, 4) is 5.75 Å². The molecule has 0 spiro atoms. The zero-order valence-corrected chi connectivity index (χ0v) is 10.1. The maximum Gasteiger partial charge on any atom is 0.186 e. The predicted octanol–water partition coefficient (Wildman–Crippen LogP) is 3.10. The number of phenols is 1. The van der Waals surface area contributed by atoms with Crippen LogP contribution < -0.4 is 0 Å². The van der Waals surface area contributed by atoms with Gasteiger partial charge in [-0.05, 0) is 29.8 Å². The van der Waals surface area contributed by atoms with Gasteiger partial charge >= 0.3 is 0 Å². The van der Waals surface area contributed by atoms with Crippen molar-refractivity contribution in [1.82, 2.24) is 0 Å². The van der Waals surface area contributed by atoms with Crippen LogP contribution in [0.25, 0.3) is 6.08 Å². The molecule has 94 valence electrons. The van der Waals surface area contributed by atoms with Gasteiger partial charge in [0.05, 0.1) is 0 Å². The molecule has 0 unspecified atom stereocenters. The van der Waals surface area contributed by atoms with Gasteiger partial charge in [-0.2, -0.15) is 0 Å². The number of benzene rings is 2.